The van der Waals surface area contributed by atoms with Gasteiger partial charge in [0.05, 0.1) is 0 Å². The molecule has 0 heterocycles. The summed E-state index contributed by atoms with van der Waals surface area (Å²) in [5.41, 5.74) is 0. The highest BCUT2D eigenvalue weighted by atomic mass is 79.9. The molecule has 0 aliphatic rings. The van der Waals surface area contributed by atoms with Crippen LogP contribution in [-0.4, -0.2) is 41.2 Å². The molecule has 2 atom stereocenters. The van der Waals surface area contributed by atoms with Crippen LogP contribution in [0.5, 0.6) is 0 Å². The fourth-order valence-electron chi connectivity index (χ4n) is 1.33. The summed E-state index contributed by atoms with van der Waals surface area (Å²) in [4.78, 5) is 0.211. The summed E-state index contributed by atoms with van der Waals surface area (Å²) >= 11 is 42.6. The molecule has 0 nitrogen and oxygen atoms in total. The SMILES string of the molecule is FC(C(F)(F)C(F)(F)C=CBr)C(F)(F)C(Cl)(Cl)C(Cl)(Cl)C(Cl)C(Cl)(Cl)Br. The summed E-state index contributed by atoms with van der Waals surface area (Å²) in [5, 5.41) is -2.27. The van der Waals surface area contributed by atoms with E-state index in [4.69, 9.17) is 81.2 Å². The zero-order chi connectivity index (χ0) is 21.6. The van der Waals surface area contributed by atoms with Gasteiger partial charge in [0.1, 0.15) is 5.38 Å². The fraction of sp³-hybridized carbons (Fsp3) is 0.800. The van der Waals surface area contributed by atoms with Gasteiger partial charge in [-0.3, -0.25) is 0 Å². The van der Waals surface area contributed by atoms with Crippen molar-refractivity contribution >= 4 is 113 Å². The van der Waals surface area contributed by atoms with E-state index in [1.807, 2.05) is 0 Å². The van der Waals surface area contributed by atoms with E-state index in [-0.39, 0.29) is 4.99 Å². The van der Waals surface area contributed by atoms with E-state index in [9.17, 15) is 30.7 Å². The number of rotatable bonds is 8. The number of alkyl halides is 15. The molecular formula is C10H4Br2Cl7F7. The Labute approximate surface area is 194 Å². The molecule has 0 fully saturated rings. The van der Waals surface area contributed by atoms with Crippen molar-refractivity contribution in [3.63, 3.8) is 0 Å². The Morgan fingerprint density at radius 1 is 0.808 bits per heavy atom. The van der Waals surface area contributed by atoms with E-state index in [0.717, 1.165) is 0 Å². The lowest BCUT2D eigenvalue weighted by Gasteiger charge is -2.44. The minimum absolute atomic E-state index is 0.211. The summed E-state index contributed by atoms with van der Waals surface area (Å²) in [6.07, 6.45) is -5.53. The van der Waals surface area contributed by atoms with Crippen molar-refractivity contribution in [1.29, 1.82) is 0 Å². The summed E-state index contributed by atoms with van der Waals surface area (Å²) in [7, 11) is 0. The van der Waals surface area contributed by atoms with Gasteiger partial charge in [-0.1, -0.05) is 85.5 Å². The van der Waals surface area contributed by atoms with Crippen LogP contribution in [0.15, 0.2) is 11.1 Å². The molecule has 0 saturated heterocycles. The molecule has 0 N–H and O–H groups in total. The van der Waals surface area contributed by atoms with Gasteiger partial charge in [0.15, 0.2) is 7.58 Å². The van der Waals surface area contributed by atoms with Gasteiger partial charge in [-0.25, -0.2) is 4.39 Å². The van der Waals surface area contributed by atoms with Crippen LogP contribution in [0.2, 0.25) is 0 Å². The lowest BCUT2D eigenvalue weighted by molar-refractivity contribution is -0.262. The zero-order valence-electron chi connectivity index (χ0n) is 11.4. The number of hydrogen-bond donors (Lipinski definition) is 0. The van der Waals surface area contributed by atoms with Crippen LogP contribution in [0.3, 0.4) is 0 Å². The molecule has 0 aliphatic heterocycles. The molecule has 16 heteroatoms. The Hall–Kier alpha value is 2.24. The summed E-state index contributed by atoms with van der Waals surface area (Å²) < 4.78 is 86.5. The molecule has 0 radical (unpaired) electrons. The standard InChI is InChI=1S/C10H4Br2Cl7F7/c11-2-1-5(21,22)7(23,24)4(20)8(25,26)10(18,19)6(14,15)3(13)9(12,16)17/h1-4H. The van der Waals surface area contributed by atoms with Gasteiger partial charge in [-0.2, -0.15) is 26.3 Å². The first-order valence-electron chi connectivity index (χ1n) is 5.64. The van der Waals surface area contributed by atoms with Gasteiger partial charge in [0.2, 0.25) is 10.5 Å². The van der Waals surface area contributed by atoms with Crippen LogP contribution in [0.25, 0.3) is 0 Å². The van der Waals surface area contributed by atoms with Gasteiger partial charge in [0.25, 0.3) is 0 Å². The first-order valence-corrected chi connectivity index (χ1v) is 10.1. The predicted octanol–water partition coefficient (Wildman–Crippen LogP) is 8.62. The Bertz CT molecular complexity index is 536. The van der Waals surface area contributed by atoms with Crippen molar-refractivity contribution in [3.05, 3.63) is 11.1 Å². The molecule has 2 unspecified atom stereocenters. The van der Waals surface area contributed by atoms with Gasteiger partial charge in [0, 0.05) is 0 Å². The lowest BCUT2D eigenvalue weighted by atomic mass is 9.96. The van der Waals surface area contributed by atoms with Crippen molar-refractivity contribution in [2.75, 3.05) is 0 Å². The maximum Gasteiger partial charge on any atom is 0.350 e. The predicted molar refractivity (Wildman–Crippen MR) is 99.7 cm³/mol. The Morgan fingerprint density at radius 3 is 1.50 bits per heavy atom. The van der Waals surface area contributed by atoms with Crippen molar-refractivity contribution in [3.8, 4) is 0 Å². The number of allylic oxidation sites excluding steroid dienone is 1. The minimum Gasteiger partial charge on any atom is -0.234 e. The van der Waals surface area contributed by atoms with Crippen molar-refractivity contribution in [1.82, 2.24) is 0 Å². The Balaban J connectivity index is 6.21. The van der Waals surface area contributed by atoms with E-state index in [0.29, 0.717) is 0 Å². The smallest absolute Gasteiger partial charge is 0.234 e. The van der Waals surface area contributed by atoms with E-state index in [2.05, 4.69) is 31.9 Å². The summed E-state index contributed by atoms with van der Waals surface area (Å²) in [6.45, 7) is 0. The third-order valence-electron chi connectivity index (χ3n) is 2.80. The minimum atomic E-state index is -5.99. The molecule has 0 aliphatic carbocycles. The second-order valence-electron chi connectivity index (χ2n) is 4.63. The molecule has 0 rings (SSSR count). The van der Waals surface area contributed by atoms with Crippen LogP contribution in [0, 0.1) is 0 Å². The molecule has 0 saturated carbocycles. The van der Waals surface area contributed by atoms with Crippen molar-refractivity contribution in [2.24, 2.45) is 0 Å². The first-order chi connectivity index (χ1) is 11.1. The summed E-state index contributed by atoms with van der Waals surface area (Å²) in [6, 6.07) is 0. The maximum absolute atomic E-state index is 14.3. The van der Waals surface area contributed by atoms with Crippen molar-refractivity contribution in [2.45, 2.75) is 41.2 Å². The highest BCUT2D eigenvalue weighted by Crippen LogP contribution is 2.62. The first kappa shape index (κ1) is 28.2. The van der Waals surface area contributed by atoms with Gasteiger partial charge in [-0.15, -0.1) is 11.6 Å². The van der Waals surface area contributed by atoms with E-state index in [1.54, 1.807) is 0 Å². The van der Waals surface area contributed by atoms with Crippen LogP contribution >= 0.6 is 113 Å². The molecule has 0 amide bonds. The Kier molecular flexibility index (Phi) is 9.53. The van der Waals surface area contributed by atoms with Crippen LogP contribution < -0.4 is 0 Å². The zero-order valence-corrected chi connectivity index (χ0v) is 19.8. The largest absolute Gasteiger partial charge is 0.350 e. The van der Waals surface area contributed by atoms with Crippen LogP contribution in [0.1, 0.15) is 0 Å². The van der Waals surface area contributed by atoms with Crippen LogP contribution in [-0.2, 0) is 0 Å². The average molecular weight is 665 g/mol. The molecule has 0 bridgehead atoms. The highest BCUT2D eigenvalue weighted by Gasteiger charge is 2.78. The highest BCUT2D eigenvalue weighted by molar-refractivity contribution is 9.11. The third kappa shape index (κ3) is 5.10. The fourth-order valence-corrected chi connectivity index (χ4v) is 4.09. The van der Waals surface area contributed by atoms with Crippen LogP contribution in [0.4, 0.5) is 30.7 Å². The van der Waals surface area contributed by atoms with E-state index in [1.165, 1.54) is 0 Å². The summed E-state index contributed by atoms with van der Waals surface area (Å²) in [5.74, 6) is -17.0. The molecule has 156 valence electrons. The molecule has 0 aromatic carbocycles. The maximum atomic E-state index is 14.3. The van der Waals surface area contributed by atoms with Gasteiger partial charge >= 0.3 is 17.8 Å². The second kappa shape index (κ2) is 8.77. The normalized spacial score (nSPS) is 18.3. The average Bonchev–Trinajstić information content (AvgIpc) is 2.43. The van der Waals surface area contributed by atoms with E-state index < -0.39 is 47.3 Å². The second-order valence-corrected chi connectivity index (χ2v) is 11.9. The third-order valence-corrected chi connectivity index (χ3v) is 7.81. The number of halogens is 16. The molecule has 0 aromatic rings. The van der Waals surface area contributed by atoms with Gasteiger partial charge < -0.3 is 0 Å². The molecular weight excluding hydrogens is 661 g/mol. The monoisotopic (exact) mass is 660 g/mol. The van der Waals surface area contributed by atoms with Gasteiger partial charge in [-0.05, 0) is 27.0 Å². The van der Waals surface area contributed by atoms with E-state index >= 15 is 0 Å². The lowest BCUT2D eigenvalue weighted by Crippen LogP contribution is -2.66. The molecule has 0 aromatic heterocycles. The molecule has 26 heavy (non-hydrogen) atoms. The molecule has 0 spiro atoms. The van der Waals surface area contributed by atoms with Crippen molar-refractivity contribution < 1.29 is 30.7 Å². The Morgan fingerprint density at radius 2 is 1.19 bits per heavy atom. The quantitative estimate of drug-likeness (QED) is 0.180. The topological polar surface area (TPSA) is 0 Å². The number of hydrogen-bond acceptors (Lipinski definition) is 0.